The first-order valence-electron chi connectivity index (χ1n) is 3.36. The summed E-state index contributed by atoms with van der Waals surface area (Å²) in [5.41, 5.74) is 1.39. The number of alkyl halides is 1. The van der Waals surface area contributed by atoms with Crippen molar-refractivity contribution in [1.82, 2.24) is 0 Å². The zero-order valence-electron chi connectivity index (χ0n) is 6.82. The number of hydrogen-bond acceptors (Lipinski definition) is 0. The fourth-order valence-corrected chi connectivity index (χ4v) is 0.631. The maximum absolute atomic E-state index is 12.9. The maximum atomic E-state index is 12.9. The lowest BCUT2D eigenvalue weighted by molar-refractivity contribution is 0.650. The van der Waals surface area contributed by atoms with E-state index in [9.17, 15) is 4.39 Å². The zero-order valence-corrected chi connectivity index (χ0v) is 8.41. The van der Waals surface area contributed by atoms with E-state index in [1.54, 1.807) is 19.9 Å². The average molecular weight is 219 g/mol. The third kappa shape index (κ3) is 4.14. The molecule has 62 valence electrons. The standard InChI is InChI=1S/C9H12BrF/c1-4-8(3)9(11)5-7(2)6-10/h4-5H,2,6H2,1,3H3. The number of rotatable bonds is 3. The Bertz CT molecular complexity index is 202. The molecule has 0 radical (unpaired) electrons. The van der Waals surface area contributed by atoms with Crippen LogP contribution in [0.5, 0.6) is 0 Å². The molecule has 0 unspecified atom stereocenters. The molecular weight excluding hydrogens is 207 g/mol. The number of halogens is 2. The molecular formula is C9H12BrF. The normalized spacial score (nSPS) is 13.5. The first kappa shape index (κ1) is 10.6. The van der Waals surface area contributed by atoms with Gasteiger partial charge in [0, 0.05) is 5.33 Å². The van der Waals surface area contributed by atoms with Crippen molar-refractivity contribution in [1.29, 1.82) is 0 Å². The highest BCUT2D eigenvalue weighted by atomic mass is 79.9. The Balaban J connectivity index is 4.34. The molecule has 0 aliphatic heterocycles. The van der Waals surface area contributed by atoms with E-state index in [0.717, 1.165) is 5.57 Å². The van der Waals surface area contributed by atoms with E-state index in [4.69, 9.17) is 0 Å². The van der Waals surface area contributed by atoms with Crippen LogP contribution < -0.4 is 0 Å². The Morgan fingerprint density at radius 2 is 2.18 bits per heavy atom. The molecule has 0 aromatic rings. The van der Waals surface area contributed by atoms with Crippen molar-refractivity contribution in [3.05, 3.63) is 35.7 Å². The van der Waals surface area contributed by atoms with Crippen LogP contribution in [0.3, 0.4) is 0 Å². The van der Waals surface area contributed by atoms with Gasteiger partial charge in [-0.3, -0.25) is 0 Å². The van der Waals surface area contributed by atoms with Crippen LogP contribution in [0, 0.1) is 0 Å². The van der Waals surface area contributed by atoms with Crippen molar-refractivity contribution >= 4 is 15.9 Å². The summed E-state index contributed by atoms with van der Waals surface area (Å²) in [7, 11) is 0. The first-order valence-corrected chi connectivity index (χ1v) is 4.48. The van der Waals surface area contributed by atoms with Gasteiger partial charge in [0.25, 0.3) is 0 Å². The molecule has 0 aromatic carbocycles. The van der Waals surface area contributed by atoms with Gasteiger partial charge in [-0.2, -0.15) is 0 Å². The predicted octanol–water partition coefficient (Wildman–Crippen LogP) is 3.76. The molecule has 2 heteroatoms. The third-order valence-electron chi connectivity index (χ3n) is 1.31. The highest BCUT2D eigenvalue weighted by molar-refractivity contribution is 9.09. The Labute approximate surface area is 75.6 Å². The molecule has 0 rings (SSSR count). The Kier molecular flexibility index (Phi) is 5.12. The van der Waals surface area contributed by atoms with E-state index >= 15 is 0 Å². The molecule has 0 saturated heterocycles. The van der Waals surface area contributed by atoms with Crippen LogP contribution in [0.25, 0.3) is 0 Å². The van der Waals surface area contributed by atoms with Crippen molar-refractivity contribution < 1.29 is 4.39 Å². The SMILES string of the molecule is C=C(C=C(F)C(C)=CC)CBr. The summed E-state index contributed by atoms with van der Waals surface area (Å²) in [6.07, 6.45) is 3.16. The largest absolute Gasteiger partial charge is 0.207 e. The van der Waals surface area contributed by atoms with Gasteiger partial charge in [-0.1, -0.05) is 28.6 Å². The molecule has 0 nitrogen and oxygen atoms in total. The number of hydrogen-bond donors (Lipinski definition) is 0. The molecule has 0 amide bonds. The Morgan fingerprint density at radius 1 is 1.64 bits per heavy atom. The van der Waals surface area contributed by atoms with Crippen LogP contribution >= 0.6 is 15.9 Å². The summed E-state index contributed by atoms with van der Waals surface area (Å²) in [5, 5.41) is 0.609. The topological polar surface area (TPSA) is 0 Å². The van der Waals surface area contributed by atoms with Gasteiger partial charge in [0.2, 0.25) is 0 Å². The van der Waals surface area contributed by atoms with Gasteiger partial charge >= 0.3 is 0 Å². The third-order valence-corrected chi connectivity index (χ3v) is 2.03. The Morgan fingerprint density at radius 3 is 2.55 bits per heavy atom. The van der Waals surface area contributed by atoms with E-state index in [1.165, 1.54) is 6.08 Å². The van der Waals surface area contributed by atoms with Crippen LogP contribution in [-0.2, 0) is 0 Å². The molecule has 0 aromatic heterocycles. The predicted molar refractivity (Wildman–Crippen MR) is 51.6 cm³/mol. The second-order valence-corrected chi connectivity index (χ2v) is 2.82. The van der Waals surface area contributed by atoms with E-state index in [2.05, 4.69) is 22.5 Å². The van der Waals surface area contributed by atoms with Gasteiger partial charge in [-0.15, -0.1) is 0 Å². The van der Waals surface area contributed by atoms with Crippen molar-refractivity contribution in [2.24, 2.45) is 0 Å². The highest BCUT2D eigenvalue weighted by Gasteiger charge is 1.96. The molecule has 0 aliphatic rings. The number of allylic oxidation sites excluding steroid dienone is 5. The lowest BCUT2D eigenvalue weighted by atomic mass is 10.2. The van der Waals surface area contributed by atoms with Crippen LogP contribution in [0.2, 0.25) is 0 Å². The second-order valence-electron chi connectivity index (χ2n) is 2.26. The van der Waals surface area contributed by atoms with Crippen molar-refractivity contribution in [3.8, 4) is 0 Å². The molecule has 0 heterocycles. The highest BCUT2D eigenvalue weighted by Crippen LogP contribution is 2.13. The van der Waals surface area contributed by atoms with E-state index < -0.39 is 0 Å². The Hall–Kier alpha value is -0.370. The second kappa shape index (κ2) is 5.30. The van der Waals surface area contributed by atoms with Crippen LogP contribution in [-0.4, -0.2) is 5.33 Å². The van der Waals surface area contributed by atoms with E-state index in [-0.39, 0.29) is 5.83 Å². The first-order chi connectivity index (χ1) is 5.11. The van der Waals surface area contributed by atoms with Crippen molar-refractivity contribution in [3.63, 3.8) is 0 Å². The summed E-state index contributed by atoms with van der Waals surface area (Å²) in [4.78, 5) is 0. The summed E-state index contributed by atoms with van der Waals surface area (Å²) in [6.45, 7) is 7.17. The minimum atomic E-state index is -0.211. The fourth-order valence-electron chi connectivity index (χ4n) is 0.470. The monoisotopic (exact) mass is 218 g/mol. The van der Waals surface area contributed by atoms with Crippen LogP contribution in [0.4, 0.5) is 4.39 Å². The van der Waals surface area contributed by atoms with Gasteiger partial charge in [0.1, 0.15) is 5.83 Å². The maximum Gasteiger partial charge on any atom is 0.126 e. The lowest BCUT2D eigenvalue weighted by Gasteiger charge is -1.96. The minimum absolute atomic E-state index is 0.211. The van der Waals surface area contributed by atoms with Crippen molar-refractivity contribution in [2.75, 3.05) is 5.33 Å². The molecule has 0 aliphatic carbocycles. The summed E-state index contributed by atoms with van der Waals surface area (Å²) in [5.74, 6) is -0.211. The van der Waals surface area contributed by atoms with Crippen LogP contribution in [0.1, 0.15) is 13.8 Å². The minimum Gasteiger partial charge on any atom is -0.207 e. The van der Waals surface area contributed by atoms with Gasteiger partial charge in [-0.25, -0.2) is 4.39 Å². The molecule has 0 atom stereocenters. The smallest absolute Gasteiger partial charge is 0.126 e. The molecule has 11 heavy (non-hydrogen) atoms. The summed E-state index contributed by atoms with van der Waals surface area (Å²) >= 11 is 3.18. The van der Waals surface area contributed by atoms with Gasteiger partial charge < -0.3 is 0 Å². The summed E-state index contributed by atoms with van der Waals surface area (Å²) < 4.78 is 12.9. The van der Waals surface area contributed by atoms with Gasteiger partial charge in [0.15, 0.2) is 0 Å². The average Bonchev–Trinajstić information content (AvgIpc) is 2.02. The molecule has 0 bridgehead atoms. The lowest BCUT2D eigenvalue weighted by Crippen LogP contribution is -1.80. The van der Waals surface area contributed by atoms with E-state index in [0.29, 0.717) is 10.9 Å². The quantitative estimate of drug-likeness (QED) is 0.500. The van der Waals surface area contributed by atoms with E-state index in [1.807, 2.05) is 0 Å². The molecule has 0 saturated carbocycles. The van der Waals surface area contributed by atoms with Gasteiger partial charge in [0.05, 0.1) is 0 Å². The van der Waals surface area contributed by atoms with Crippen LogP contribution in [0.15, 0.2) is 35.7 Å². The summed E-state index contributed by atoms with van der Waals surface area (Å²) in [6, 6.07) is 0. The fraction of sp³-hybridized carbons (Fsp3) is 0.333. The molecule has 0 fully saturated rings. The van der Waals surface area contributed by atoms with Gasteiger partial charge in [-0.05, 0) is 31.1 Å². The zero-order chi connectivity index (χ0) is 8.85. The van der Waals surface area contributed by atoms with Crippen molar-refractivity contribution in [2.45, 2.75) is 13.8 Å². The molecule has 0 spiro atoms. The molecule has 0 N–H and O–H groups in total.